The van der Waals surface area contributed by atoms with Crippen LogP contribution in [0.3, 0.4) is 0 Å². The van der Waals surface area contributed by atoms with Crippen molar-refractivity contribution in [2.45, 2.75) is 64.7 Å². The van der Waals surface area contributed by atoms with Gasteiger partial charge in [-0.1, -0.05) is 51.9 Å². The number of unbranched alkanes of at least 4 members (excludes halogenated alkanes) is 7. The maximum atomic E-state index is 10.4. The maximum Gasteiger partial charge on any atom is 1.00 e. The molecule has 1 N–H and O–H groups in total. The van der Waals surface area contributed by atoms with E-state index in [1.54, 1.807) is 0 Å². The molecule has 0 rings (SSSR count). The van der Waals surface area contributed by atoms with Gasteiger partial charge in [0.1, 0.15) is 0 Å². The minimum Gasteiger partial charge on any atom is -0.771 e. The van der Waals surface area contributed by atoms with Crippen LogP contribution in [-0.2, 0) is 10.1 Å². The minimum atomic E-state index is -5.25. The Labute approximate surface area is 141 Å². The van der Waals surface area contributed by atoms with Crippen LogP contribution in [0.2, 0.25) is 0 Å². The van der Waals surface area contributed by atoms with Gasteiger partial charge in [-0.3, -0.25) is 4.55 Å². The Morgan fingerprint density at radius 2 is 1.25 bits per heavy atom. The van der Waals surface area contributed by atoms with Crippen LogP contribution in [0.5, 0.6) is 0 Å². The van der Waals surface area contributed by atoms with Gasteiger partial charge >= 0.3 is 35.9 Å². The fourth-order valence-corrected chi connectivity index (χ4v) is 1.99. The summed E-state index contributed by atoms with van der Waals surface area (Å²) in [6.45, 7) is 2.19. The van der Waals surface area contributed by atoms with Crippen molar-refractivity contribution < 1.29 is 60.8 Å². The Morgan fingerprint density at radius 3 is 1.55 bits per heavy atom. The summed E-state index contributed by atoms with van der Waals surface area (Å²) in [5, 5.41) is 8.10. The second-order valence-electron chi connectivity index (χ2n) is 4.21. The molecule has 0 aliphatic rings. The molecule has 0 saturated heterocycles. The maximum absolute atomic E-state index is 10.4. The Bertz CT molecular complexity index is 289. The number of alkyl halides is 3. The number of rotatable bonds is 9. The molecule has 0 bridgehead atoms. The van der Waals surface area contributed by atoms with Gasteiger partial charge in [-0.2, -0.15) is 21.6 Å². The van der Waals surface area contributed by atoms with Crippen molar-refractivity contribution in [3.8, 4) is 0 Å². The predicted octanol–water partition coefficient (Wildman–Crippen LogP) is -0.115. The summed E-state index contributed by atoms with van der Waals surface area (Å²) in [5.41, 5.74) is 0. The fourth-order valence-electron chi connectivity index (χ4n) is 1.42. The van der Waals surface area contributed by atoms with Crippen LogP contribution in [-0.4, -0.2) is 25.1 Å². The van der Waals surface area contributed by atoms with Gasteiger partial charge in [-0.15, -0.1) is 0 Å². The third kappa shape index (κ3) is 42.8. The van der Waals surface area contributed by atoms with Crippen LogP contribution >= 0.6 is 0 Å². The minimum absolute atomic E-state index is 0. The molecule has 0 aliphatic carbocycles. The molecule has 0 aromatic heterocycles. The van der Waals surface area contributed by atoms with Gasteiger partial charge < -0.3 is 5.11 Å². The first-order valence-corrected chi connectivity index (χ1v) is 7.89. The molecule has 4 nitrogen and oxygen atoms in total. The van der Waals surface area contributed by atoms with Crippen LogP contribution in [0, 0.1) is 0 Å². The van der Waals surface area contributed by atoms with E-state index < -0.39 is 16.5 Å². The van der Waals surface area contributed by atoms with Gasteiger partial charge in [0.05, 0.1) is 5.75 Å². The van der Waals surface area contributed by atoms with Gasteiger partial charge in [0.25, 0.3) is 10.1 Å². The Hall–Kier alpha value is 0.660. The summed E-state index contributed by atoms with van der Waals surface area (Å²) >= 11 is 0. The molecule has 0 spiro atoms. The summed E-state index contributed by atoms with van der Waals surface area (Å²) in [6.07, 6.45) is 3.60. The standard InChI is InChI=1S/C10H22O3S.CF3O.Na/c1-2-3-4-5-6-7-8-9-10-14(11,12)13;2-1(3,4)5;/h2-10H2,1H3,(H,11,12,13);;/q;-1;+1. The monoisotopic (exact) mass is 330 g/mol. The molecular formula is C11H22F3NaO4S. The quantitative estimate of drug-likeness (QED) is 0.363. The Morgan fingerprint density at radius 1 is 0.950 bits per heavy atom. The number of halogens is 3. The summed E-state index contributed by atoms with van der Waals surface area (Å²) < 4.78 is 58.6. The third-order valence-electron chi connectivity index (χ3n) is 2.26. The van der Waals surface area contributed by atoms with Crippen molar-refractivity contribution in [3.63, 3.8) is 0 Å². The first-order valence-electron chi connectivity index (χ1n) is 6.28. The van der Waals surface area contributed by atoms with E-state index in [0.29, 0.717) is 6.42 Å². The topological polar surface area (TPSA) is 77.4 Å². The largest absolute Gasteiger partial charge is 1.00 e. The van der Waals surface area contributed by atoms with E-state index in [1.807, 2.05) is 0 Å². The van der Waals surface area contributed by atoms with Crippen LogP contribution in [0.15, 0.2) is 0 Å². The van der Waals surface area contributed by atoms with Gasteiger partial charge in [0, 0.05) is 0 Å². The van der Waals surface area contributed by atoms with Gasteiger partial charge in [-0.25, -0.2) is 0 Å². The molecule has 9 heteroatoms. The van der Waals surface area contributed by atoms with E-state index in [4.69, 9.17) is 9.66 Å². The summed E-state index contributed by atoms with van der Waals surface area (Å²) in [5.74, 6) is -0.0814. The average molecular weight is 330 g/mol. The summed E-state index contributed by atoms with van der Waals surface area (Å²) in [4.78, 5) is 0. The van der Waals surface area contributed by atoms with Crippen molar-refractivity contribution in [3.05, 3.63) is 0 Å². The van der Waals surface area contributed by atoms with Crippen LogP contribution in [0.25, 0.3) is 0 Å². The molecule has 20 heavy (non-hydrogen) atoms. The second kappa shape index (κ2) is 14.6. The molecular weight excluding hydrogens is 308 g/mol. The SMILES string of the molecule is CCCCCCCCCCS(=O)(=O)O.[Na+].[O-]C(F)(F)F. The van der Waals surface area contributed by atoms with Crippen LogP contribution in [0.4, 0.5) is 13.2 Å². The van der Waals surface area contributed by atoms with Crippen LogP contribution < -0.4 is 34.7 Å². The molecule has 0 aromatic rings. The number of hydrogen-bond acceptors (Lipinski definition) is 3. The van der Waals surface area contributed by atoms with E-state index >= 15 is 0 Å². The zero-order valence-electron chi connectivity index (χ0n) is 12.1. The zero-order valence-corrected chi connectivity index (χ0v) is 14.9. The molecule has 0 aliphatic heterocycles. The van der Waals surface area contributed by atoms with Crippen LogP contribution in [0.1, 0.15) is 58.3 Å². The predicted molar refractivity (Wildman–Crippen MR) is 65.1 cm³/mol. The average Bonchev–Trinajstić information content (AvgIpc) is 2.18. The normalized spacial score (nSPS) is 11.3. The van der Waals surface area contributed by atoms with Crippen molar-refractivity contribution in [1.82, 2.24) is 0 Å². The van der Waals surface area contributed by atoms with E-state index in [0.717, 1.165) is 12.8 Å². The molecule has 118 valence electrons. The second-order valence-corrected chi connectivity index (χ2v) is 5.78. The fraction of sp³-hybridized carbons (Fsp3) is 1.00. The Kier molecular flexibility index (Phi) is 18.7. The Balaban J connectivity index is -0.000000414. The number of hydrogen-bond donors (Lipinski definition) is 1. The van der Waals surface area contributed by atoms with E-state index in [2.05, 4.69) is 6.92 Å². The molecule has 0 heterocycles. The molecule has 0 fully saturated rings. The molecule has 0 atom stereocenters. The molecule has 0 radical (unpaired) electrons. The molecule has 0 saturated carbocycles. The smallest absolute Gasteiger partial charge is 0.771 e. The van der Waals surface area contributed by atoms with E-state index in [9.17, 15) is 21.6 Å². The van der Waals surface area contributed by atoms with Gasteiger partial charge in [-0.05, 0) is 6.42 Å². The first kappa shape index (κ1) is 25.6. The summed E-state index contributed by atoms with van der Waals surface area (Å²) in [6, 6.07) is 0. The van der Waals surface area contributed by atoms with E-state index in [-0.39, 0.29) is 35.3 Å². The zero-order chi connectivity index (χ0) is 15.4. The first-order chi connectivity index (χ1) is 8.56. The van der Waals surface area contributed by atoms with Crippen molar-refractivity contribution in [1.29, 1.82) is 0 Å². The van der Waals surface area contributed by atoms with Crippen molar-refractivity contribution in [2.75, 3.05) is 5.75 Å². The van der Waals surface area contributed by atoms with E-state index in [1.165, 1.54) is 32.1 Å². The van der Waals surface area contributed by atoms with Gasteiger partial charge in [0.15, 0.2) is 0 Å². The molecule has 0 unspecified atom stereocenters. The molecule has 0 aromatic carbocycles. The molecule has 0 amide bonds. The summed E-state index contributed by atoms with van der Waals surface area (Å²) in [7, 11) is -3.73. The van der Waals surface area contributed by atoms with Gasteiger partial charge in [0.2, 0.25) is 0 Å². The van der Waals surface area contributed by atoms with Crippen molar-refractivity contribution in [2.24, 2.45) is 0 Å². The van der Waals surface area contributed by atoms with Crippen molar-refractivity contribution >= 4 is 10.1 Å². The third-order valence-corrected chi connectivity index (χ3v) is 3.06.